The Kier molecular flexibility index (Phi) is 6.60. The van der Waals surface area contributed by atoms with Crippen LogP contribution in [0.5, 0.6) is 11.5 Å². The number of nitrogens with zero attached hydrogens (tertiary/aromatic N) is 4. The summed E-state index contributed by atoms with van der Waals surface area (Å²) in [5.74, 6) is 0.532. The zero-order valence-corrected chi connectivity index (χ0v) is 18.9. The van der Waals surface area contributed by atoms with E-state index in [1.807, 2.05) is 18.2 Å². The number of carbonyl (C=O) groups is 1. The minimum atomic E-state index is -0.306. The van der Waals surface area contributed by atoms with E-state index in [9.17, 15) is 9.59 Å². The van der Waals surface area contributed by atoms with Crippen molar-refractivity contribution in [2.24, 2.45) is 0 Å². The Hall–Kier alpha value is -3.85. The summed E-state index contributed by atoms with van der Waals surface area (Å²) in [6, 6.07) is 12.4. The number of hydrogen-bond donors (Lipinski definition) is 1. The molecule has 0 saturated heterocycles. The first-order valence-corrected chi connectivity index (χ1v) is 10.5. The fraction of sp³-hybridized carbons (Fsp3) is 0.217. The molecular formula is C23H22ClN5O4. The Morgan fingerprint density at radius 2 is 1.97 bits per heavy atom. The summed E-state index contributed by atoms with van der Waals surface area (Å²) in [5, 5.41) is 8.12. The smallest absolute Gasteiger partial charge is 0.264 e. The standard InChI is InChI=1S/C23H22ClN5O4/c1-32-19-8-4-7-17(20(19)33-2)22(30)25-9-10-29-21-18(12-27-29)23(31)28(14-26-21)13-15-5-3-6-16(24)11-15/h3-8,11-12,14H,9-10,13H2,1-2H3,(H,25,30). The van der Waals surface area contributed by atoms with Crippen molar-refractivity contribution in [1.29, 1.82) is 0 Å². The molecule has 10 heteroatoms. The number of nitrogens with one attached hydrogen (secondary N) is 1. The lowest BCUT2D eigenvalue weighted by atomic mass is 10.1. The van der Waals surface area contributed by atoms with Crippen LogP contribution in [0.15, 0.2) is 59.8 Å². The Balaban J connectivity index is 1.46. The van der Waals surface area contributed by atoms with Crippen LogP contribution >= 0.6 is 11.6 Å². The van der Waals surface area contributed by atoms with Crippen molar-refractivity contribution >= 4 is 28.5 Å². The van der Waals surface area contributed by atoms with Gasteiger partial charge in [0.15, 0.2) is 17.1 Å². The maximum Gasteiger partial charge on any atom is 0.264 e. The van der Waals surface area contributed by atoms with E-state index in [1.54, 1.807) is 28.9 Å². The zero-order valence-electron chi connectivity index (χ0n) is 18.1. The monoisotopic (exact) mass is 467 g/mol. The number of methoxy groups -OCH3 is 2. The van der Waals surface area contributed by atoms with Gasteiger partial charge in [0.05, 0.1) is 39.1 Å². The molecule has 0 bridgehead atoms. The van der Waals surface area contributed by atoms with Crippen LogP contribution < -0.4 is 20.3 Å². The second-order valence-electron chi connectivity index (χ2n) is 7.21. The van der Waals surface area contributed by atoms with Crippen LogP contribution in [0, 0.1) is 0 Å². The minimum Gasteiger partial charge on any atom is -0.493 e. The van der Waals surface area contributed by atoms with E-state index in [0.29, 0.717) is 46.2 Å². The van der Waals surface area contributed by atoms with Crippen LogP contribution in [0.4, 0.5) is 0 Å². The van der Waals surface area contributed by atoms with E-state index in [4.69, 9.17) is 21.1 Å². The summed E-state index contributed by atoms with van der Waals surface area (Å²) in [7, 11) is 2.99. The van der Waals surface area contributed by atoms with Crippen LogP contribution in [0.3, 0.4) is 0 Å². The summed E-state index contributed by atoms with van der Waals surface area (Å²) in [6.07, 6.45) is 2.98. The highest BCUT2D eigenvalue weighted by atomic mass is 35.5. The van der Waals surface area contributed by atoms with Crippen molar-refractivity contribution in [2.75, 3.05) is 20.8 Å². The number of rotatable bonds is 8. The summed E-state index contributed by atoms with van der Waals surface area (Å²) >= 11 is 6.03. The van der Waals surface area contributed by atoms with Gasteiger partial charge in [-0.1, -0.05) is 29.8 Å². The van der Waals surface area contributed by atoms with Gasteiger partial charge in [0.25, 0.3) is 11.5 Å². The molecule has 0 fully saturated rings. The molecule has 4 aromatic rings. The third-order valence-corrected chi connectivity index (χ3v) is 5.36. The number of aromatic nitrogens is 4. The van der Waals surface area contributed by atoms with Crippen molar-refractivity contribution in [3.05, 3.63) is 81.5 Å². The number of amides is 1. The topological polar surface area (TPSA) is 100 Å². The fourth-order valence-corrected chi connectivity index (χ4v) is 3.76. The molecule has 9 nitrogen and oxygen atoms in total. The number of ether oxygens (including phenoxy) is 2. The van der Waals surface area contributed by atoms with E-state index in [0.717, 1.165) is 5.56 Å². The van der Waals surface area contributed by atoms with Crippen molar-refractivity contribution in [3.8, 4) is 11.5 Å². The van der Waals surface area contributed by atoms with Gasteiger partial charge in [-0.2, -0.15) is 5.10 Å². The van der Waals surface area contributed by atoms with Crippen LogP contribution in [-0.4, -0.2) is 46.0 Å². The third kappa shape index (κ3) is 4.68. The SMILES string of the molecule is COc1cccc(C(=O)NCCn2ncc3c(=O)n(Cc4cccc(Cl)c4)cnc32)c1OC. The molecule has 0 aliphatic carbocycles. The Morgan fingerprint density at radius 1 is 1.15 bits per heavy atom. The second-order valence-corrected chi connectivity index (χ2v) is 7.65. The van der Waals surface area contributed by atoms with Crippen molar-refractivity contribution in [2.45, 2.75) is 13.1 Å². The molecule has 0 saturated carbocycles. The number of benzene rings is 2. The highest BCUT2D eigenvalue weighted by Gasteiger charge is 2.16. The Labute approximate surface area is 194 Å². The van der Waals surface area contributed by atoms with Gasteiger partial charge in [-0.3, -0.25) is 14.2 Å². The largest absolute Gasteiger partial charge is 0.493 e. The normalized spacial score (nSPS) is 10.9. The van der Waals surface area contributed by atoms with Gasteiger partial charge >= 0.3 is 0 Å². The first-order valence-electron chi connectivity index (χ1n) is 10.2. The van der Waals surface area contributed by atoms with Crippen LogP contribution in [0.2, 0.25) is 5.02 Å². The van der Waals surface area contributed by atoms with Gasteiger partial charge in [0.2, 0.25) is 0 Å². The predicted octanol–water partition coefficient (Wildman–Crippen LogP) is 2.74. The molecule has 0 aliphatic heterocycles. The molecule has 0 unspecified atom stereocenters. The molecule has 170 valence electrons. The van der Waals surface area contributed by atoms with Crippen LogP contribution in [0.1, 0.15) is 15.9 Å². The number of carbonyl (C=O) groups excluding carboxylic acids is 1. The van der Waals surface area contributed by atoms with E-state index in [1.165, 1.54) is 31.3 Å². The Bertz CT molecular complexity index is 1360. The van der Waals surface area contributed by atoms with Gasteiger partial charge < -0.3 is 14.8 Å². The molecule has 2 aromatic heterocycles. The molecule has 2 heterocycles. The highest BCUT2D eigenvalue weighted by molar-refractivity contribution is 6.30. The molecule has 4 rings (SSSR count). The lowest BCUT2D eigenvalue weighted by Crippen LogP contribution is -2.28. The first kappa shape index (κ1) is 22.3. The van der Waals surface area contributed by atoms with Gasteiger partial charge in [0, 0.05) is 11.6 Å². The fourth-order valence-electron chi connectivity index (χ4n) is 3.54. The van der Waals surface area contributed by atoms with E-state index < -0.39 is 0 Å². The molecule has 0 radical (unpaired) electrons. The van der Waals surface area contributed by atoms with Gasteiger partial charge in [0.1, 0.15) is 11.7 Å². The number of para-hydroxylation sites is 1. The zero-order chi connectivity index (χ0) is 23.4. The van der Waals surface area contributed by atoms with Crippen molar-refractivity contribution in [1.82, 2.24) is 24.6 Å². The highest BCUT2D eigenvalue weighted by Crippen LogP contribution is 2.30. The van der Waals surface area contributed by atoms with Crippen molar-refractivity contribution in [3.63, 3.8) is 0 Å². The maximum atomic E-state index is 12.9. The van der Waals surface area contributed by atoms with Crippen LogP contribution in [0.25, 0.3) is 11.0 Å². The molecule has 2 aromatic carbocycles. The van der Waals surface area contributed by atoms with Gasteiger partial charge in [-0.25, -0.2) is 9.67 Å². The van der Waals surface area contributed by atoms with Crippen LogP contribution in [-0.2, 0) is 13.1 Å². The molecule has 33 heavy (non-hydrogen) atoms. The predicted molar refractivity (Wildman–Crippen MR) is 124 cm³/mol. The van der Waals surface area contributed by atoms with E-state index in [-0.39, 0.29) is 18.0 Å². The lowest BCUT2D eigenvalue weighted by molar-refractivity contribution is 0.0948. The number of fused-ring (bicyclic) bond motifs is 1. The molecule has 1 N–H and O–H groups in total. The van der Waals surface area contributed by atoms with Gasteiger partial charge in [-0.15, -0.1) is 0 Å². The lowest BCUT2D eigenvalue weighted by Gasteiger charge is -2.12. The Morgan fingerprint density at radius 3 is 2.73 bits per heavy atom. The molecular weight excluding hydrogens is 446 g/mol. The average Bonchev–Trinajstić information content (AvgIpc) is 3.24. The number of halogens is 1. The van der Waals surface area contributed by atoms with E-state index in [2.05, 4.69) is 15.4 Å². The first-order chi connectivity index (χ1) is 16.0. The average molecular weight is 468 g/mol. The van der Waals surface area contributed by atoms with Crippen molar-refractivity contribution < 1.29 is 14.3 Å². The second kappa shape index (κ2) is 9.74. The summed E-state index contributed by atoms with van der Waals surface area (Å²) in [6.45, 7) is 0.974. The minimum absolute atomic E-state index is 0.198. The van der Waals surface area contributed by atoms with Gasteiger partial charge in [-0.05, 0) is 29.8 Å². The molecule has 1 amide bonds. The summed E-state index contributed by atoms with van der Waals surface area (Å²) in [5.41, 5.74) is 1.52. The molecule has 0 atom stereocenters. The molecule has 0 spiro atoms. The summed E-state index contributed by atoms with van der Waals surface area (Å²) < 4.78 is 13.6. The quantitative estimate of drug-likeness (QED) is 0.427. The number of hydrogen-bond acceptors (Lipinski definition) is 6. The maximum absolute atomic E-state index is 12.9. The molecule has 0 aliphatic rings. The summed E-state index contributed by atoms with van der Waals surface area (Å²) in [4.78, 5) is 29.9. The van der Waals surface area contributed by atoms with E-state index >= 15 is 0 Å². The third-order valence-electron chi connectivity index (χ3n) is 5.12.